The predicted molar refractivity (Wildman–Crippen MR) is 71.6 cm³/mol. The van der Waals surface area contributed by atoms with Gasteiger partial charge in [0, 0.05) is 22.8 Å². The van der Waals surface area contributed by atoms with Crippen molar-refractivity contribution in [2.75, 3.05) is 11.9 Å². The van der Waals surface area contributed by atoms with Crippen molar-refractivity contribution in [2.24, 2.45) is 0 Å². The fraction of sp³-hybridized carbons (Fsp3) is 0.308. The van der Waals surface area contributed by atoms with Gasteiger partial charge in [-0.05, 0) is 30.7 Å². The summed E-state index contributed by atoms with van der Waals surface area (Å²) in [5, 5.41) is 15.5. The number of aliphatic hydroxyl groups is 1. The Morgan fingerprint density at radius 1 is 1.44 bits per heavy atom. The number of anilines is 1. The molecule has 1 aromatic heterocycles. The Morgan fingerprint density at radius 2 is 2.28 bits per heavy atom. The molecular weight excluding hydrogens is 230 g/mol. The number of urea groups is 1. The van der Waals surface area contributed by atoms with Crippen molar-refractivity contribution in [3.8, 4) is 0 Å². The van der Waals surface area contributed by atoms with Gasteiger partial charge in [-0.3, -0.25) is 0 Å². The number of hydrogen-bond donors (Lipinski definition) is 4. The molecule has 0 bridgehead atoms. The SMILES string of the molecule is CCC(CO)NC(=O)Nc1ccc2[nH]ccc2c1. The Labute approximate surface area is 105 Å². The Kier molecular flexibility index (Phi) is 3.84. The van der Waals surface area contributed by atoms with Crippen LogP contribution in [0.4, 0.5) is 10.5 Å². The smallest absolute Gasteiger partial charge is 0.319 e. The molecule has 1 heterocycles. The van der Waals surface area contributed by atoms with Gasteiger partial charge in [0.25, 0.3) is 0 Å². The van der Waals surface area contributed by atoms with Crippen molar-refractivity contribution >= 4 is 22.6 Å². The standard InChI is InChI=1S/C13H17N3O2/c1-2-10(8-17)15-13(18)16-11-3-4-12-9(7-11)5-6-14-12/h3-7,10,14,17H,2,8H2,1H3,(H2,15,16,18). The molecule has 4 N–H and O–H groups in total. The molecule has 0 aliphatic rings. The number of carbonyl (C=O) groups excluding carboxylic acids is 1. The molecule has 1 unspecified atom stereocenters. The molecule has 2 aromatic rings. The average Bonchev–Trinajstić information content (AvgIpc) is 2.83. The molecule has 0 saturated carbocycles. The molecule has 1 atom stereocenters. The molecule has 2 rings (SSSR count). The van der Waals surface area contributed by atoms with Gasteiger partial charge >= 0.3 is 6.03 Å². The maximum Gasteiger partial charge on any atom is 0.319 e. The molecule has 0 aliphatic carbocycles. The van der Waals surface area contributed by atoms with E-state index in [2.05, 4.69) is 15.6 Å². The van der Waals surface area contributed by atoms with E-state index < -0.39 is 0 Å². The second kappa shape index (κ2) is 5.55. The average molecular weight is 247 g/mol. The van der Waals surface area contributed by atoms with Gasteiger partial charge in [-0.25, -0.2) is 4.79 Å². The summed E-state index contributed by atoms with van der Waals surface area (Å²) in [7, 11) is 0. The number of rotatable bonds is 4. The number of aliphatic hydroxyl groups excluding tert-OH is 1. The zero-order valence-corrected chi connectivity index (χ0v) is 10.2. The van der Waals surface area contributed by atoms with E-state index >= 15 is 0 Å². The Balaban J connectivity index is 2.01. The van der Waals surface area contributed by atoms with Gasteiger partial charge in [0.15, 0.2) is 0 Å². The molecular formula is C13H17N3O2. The van der Waals surface area contributed by atoms with Crippen molar-refractivity contribution in [3.63, 3.8) is 0 Å². The summed E-state index contributed by atoms with van der Waals surface area (Å²) < 4.78 is 0. The lowest BCUT2D eigenvalue weighted by Crippen LogP contribution is -2.39. The van der Waals surface area contributed by atoms with Gasteiger partial charge in [-0.2, -0.15) is 0 Å². The molecule has 0 fully saturated rings. The number of carbonyl (C=O) groups is 1. The Bertz CT molecular complexity index is 532. The number of hydrogen-bond acceptors (Lipinski definition) is 2. The molecule has 0 saturated heterocycles. The highest BCUT2D eigenvalue weighted by Gasteiger charge is 2.09. The minimum Gasteiger partial charge on any atom is -0.394 e. The summed E-state index contributed by atoms with van der Waals surface area (Å²) in [4.78, 5) is 14.8. The van der Waals surface area contributed by atoms with Crippen molar-refractivity contribution in [2.45, 2.75) is 19.4 Å². The van der Waals surface area contributed by atoms with Crippen LogP contribution in [0.3, 0.4) is 0 Å². The second-order valence-electron chi connectivity index (χ2n) is 4.17. The van der Waals surface area contributed by atoms with Gasteiger partial charge in [0.05, 0.1) is 12.6 Å². The number of aromatic amines is 1. The van der Waals surface area contributed by atoms with Crippen LogP contribution in [-0.4, -0.2) is 28.8 Å². The normalized spacial score (nSPS) is 12.3. The summed E-state index contributed by atoms with van der Waals surface area (Å²) >= 11 is 0. The summed E-state index contributed by atoms with van der Waals surface area (Å²) in [5.74, 6) is 0. The van der Waals surface area contributed by atoms with Gasteiger partial charge in [-0.1, -0.05) is 6.92 Å². The molecule has 5 heteroatoms. The van der Waals surface area contributed by atoms with E-state index in [1.54, 1.807) is 0 Å². The van der Waals surface area contributed by atoms with E-state index in [9.17, 15) is 4.79 Å². The van der Waals surface area contributed by atoms with Crippen molar-refractivity contribution < 1.29 is 9.90 Å². The van der Waals surface area contributed by atoms with Crippen molar-refractivity contribution in [3.05, 3.63) is 30.5 Å². The fourth-order valence-electron chi connectivity index (χ4n) is 1.76. The van der Waals surface area contributed by atoms with E-state index in [1.165, 1.54) is 0 Å². The first-order chi connectivity index (χ1) is 8.72. The maximum atomic E-state index is 11.7. The Morgan fingerprint density at radius 3 is 3.00 bits per heavy atom. The lowest BCUT2D eigenvalue weighted by atomic mass is 10.2. The van der Waals surface area contributed by atoms with Crippen LogP contribution >= 0.6 is 0 Å². The number of nitrogens with one attached hydrogen (secondary N) is 3. The summed E-state index contributed by atoms with van der Waals surface area (Å²) in [6, 6.07) is 7.07. The number of aromatic nitrogens is 1. The highest BCUT2D eigenvalue weighted by molar-refractivity contribution is 5.92. The molecule has 0 radical (unpaired) electrons. The first-order valence-corrected chi connectivity index (χ1v) is 5.98. The number of amides is 2. The maximum absolute atomic E-state index is 11.7. The van der Waals surface area contributed by atoms with Gasteiger partial charge in [0.2, 0.25) is 0 Å². The van der Waals surface area contributed by atoms with Crippen LogP contribution in [-0.2, 0) is 0 Å². The first-order valence-electron chi connectivity index (χ1n) is 5.98. The zero-order chi connectivity index (χ0) is 13.0. The van der Waals surface area contributed by atoms with Crippen LogP contribution in [0.5, 0.6) is 0 Å². The van der Waals surface area contributed by atoms with Crippen LogP contribution in [0.15, 0.2) is 30.5 Å². The highest BCUT2D eigenvalue weighted by atomic mass is 16.3. The van der Waals surface area contributed by atoms with Gasteiger partial charge in [-0.15, -0.1) is 0 Å². The van der Waals surface area contributed by atoms with Crippen LogP contribution in [0.1, 0.15) is 13.3 Å². The van der Waals surface area contributed by atoms with Crippen molar-refractivity contribution in [1.82, 2.24) is 10.3 Å². The largest absolute Gasteiger partial charge is 0.394 e. The molecule has 0 spiro atoms. The van der Waals surface area contributed by atoms with Crippen molar-refractivity contribution in [1.29, 1.82) is 0 Å². The third-order valence-electron chi connectivity index (χ3n) is 2.86. The van der Waals surface area contributed by atoms with Crippen LogP contribution in [0.25, 0.3) is 10.9 Å². The van der Waals surface area contributed by atoms with Gasteiger partial charge < -0.3 is 20.7 Å². The lowest BCUT2D eigenvalue weighted by molar-refractivity contribution is 0.222. The van der Waals surface area contributed by atoms with Gasteiger partial charge in [0.1, 0.15) is 0 Å². The molecule has 0 aliphatic heterocycles. The van der Waals surface area contributed by atoms with Crippen LogP contribution < -0.4 is 10.6 Å². The number of fused-ring (bicyclic) bond motifs is 1. The van der Waals surface area contributed by atoms with Crippen LogP contribution in [0, 0.1) is 0 Å². The number of benzene rings is 1. The zero-order valence-electron chi connectivity index (χ0n) is 10.2. The van der Waals surface area contributed by atoms with E-state index in [-0.39, 0.29) is 18.7 Å². The Hall–Kier alpha value is -2.01. The summed E-state index contributed by atoms with van der Waals surface area (Å²) in [6.45, 7) is 1.85. The quantitative estimate of drug-likeness (QED) is 0.667. The van der Waals surface area contributed by atoms with Crippen LogP contribution in [0.2, 0.25) is 0 Å². The topological polar surface area (TPSA) is 77.2 Å². The fourth-order valence-corrected chi connectivity index (χ4v) is 1.76. The number of H-pyrrole nitrogens is 1. The van der Waals surface area contributed by atoms with E-state index in [0.29, 0.717) is 6.42 Å². The summed E-state index contributed by atoms with van der Waals surface area (Å²) in [6.07, 6.45) is 2.55. The third-order valence-corrected chi connectivity index (χ3v) is 2.86. The summed E-state index contributed by atoms with van der Waals surface area (Å²) in [5.41, 5.74) is 1.76. The van der Waals surface area contributed by atoms with E-state index in [0.717, 1.165) is 16.6 Å². The minimum absolute atomic E-state index is 0.0548. The molecule has 1 aromatic carbocycles. The molecule has 2 amide bonds. The minimum atomic E-state index is -0.300. The van der Waals surface area contributed by atoms with E-state index in [1.807, 2.05) is 37.4 Å². The second-order valence-corrected chi connectivity index (χ2v) is 4.17. The van der Waals surface area contributed by atoms with E-state index in [4.69, 9.17) is 5.11 Å². The predicted octanol–water partition coefficient (Wildman–Crippen LogP) is 2.06. The third kappa shape index (κ3) is 2.81. The molecule has 18 heavy (non-hydrogen) atoms. The molecule has 5 nitrogen and oxygen atoms in total. The monoisotopic (exact) mass is 247 g/mol. The molecule has 96 valence electrons. The highest BCUT2D eigenvalue weighted by Crippen LogP contribution is 2.17. The first kappa shape index (κ1) is 12.4. The lowest BCUT2D eigenvalue weighted by Gasteiger charge is -2.14.